The standard InChI is InChI=1S/C29H25NO5/c1-33-29(32)23-15-17-24(18-16-23)30-28(31)27-25(34-19-21-9-4-2-5-10-21)13-8-14-26(27)35-20-22-11-6-3-7-12-22/h2-18H,19-20H2,1H3,(H,30,31). The molecule has 6 heteroatoms. The molecule has 0 aliphatic heterocycles. The summed E-state index contributed by atoms with van der Waals surface area (Å²) in [6.45, 7) is 0.605. The zero-order valence-electron chi connectivity index (χ0n) is 19.3. The summed E-state index contributed by atoms with van der Waals surface area (Å²) in [5, 5.41) is 2.87. The van der Waals surface area contributed by atoms with E-state index in [0.717, 1.165) is 11.1 Å². The van der Waals surface area contributed by atoms with E-state index in [0.29, 0.717) is 36.0 Å². The number of ether oxygens (including phenoxy) is 3. The highest BCUT2D eigenvalue weighted by Crippen LogP contribution is 2.31. The van der Waals surface area contributed by atoms with Gasteiger partial charge in [0, 0.05) is 5.69 Å². The summed E-state index contributed by atoms with van der Waals surface area (Å²) in [5.41, 5.74) is 3.16. The Morgan fingerprint density at radius 1 is 0.657 bits per heavy atom. The molecule has 0 radical (unpaired) electrons. The largest absolute Gasteiger partial charge is 0.488 e. The van der Waals surface area contributed by atoms with Crippen LogP contribution in [0.4, 0.5) is 5.69 Å². The molecule has 35 heavy (non-hydrogen) atoms. The van der Waals surface area contributed by atoms with Crippen LogP contribution in [0.15, 0.2) is 103 Å². The molecule has 0 fully saturated rings. The molecule has 0 atom stereocenters. The zero-order valence-corrected chi connectivity index (χ0v) is 19.3. The van der Waals surface area contributed by atoms with E-state index < -0.39 is 5.97 Å². The summed E-state index contributed by atoms with van der Waals surface area (Å²) in [6, 6.07) is 31.2. The monoisotopic (exact) mass is 467 g/mol. The molecule has 0 bridgehead atoms. The van der Waals surface area contributed by atoms with E-state index in [2.05, 4.69) is 5.32 Å². The molecule has 4 rings (SSSR count). The molecule has 6 nitrogen and oxygen atoms in total. The predicted molar refractivity (Wildman–Crippen MR) is 134 cm³/mol. The van der Waals surface area contributed by atoms with Gasteiger partial charge >= 0.3 is 5.97 Å². The van der Waals surface area contributed by atoms with Crippen LogP contribution >= 0.6 is 0 Å². The Hall–Kier alpha value is -4.58. The van der Waals surface area contributed by atoms with Crippen molar-refractivity contribution in [3.05, 3.63) is 125 Å². The summed E-state index contributed by atoms with van der Waals surface area (Å²) in [5.74, 6) is -0.0205. The Kier molecular flexibility index (Phi) is 7.76. The molecule has 0 spiro atoms. The minimum atomic E-state index is -0.445. The molecule has 0 aromatic heterocycles. The highest BCUT2D eigenvalue weighted by atomic mass is 16.5. The van der Waals surface area contributed by atoms with Gasteiger partial charge in [0.25, 0.3) is 5.91 Å². The molecule has 0 aliphatic rings. The van der Waals surface area contributed by atoms with Gasteiger partial charge in [0.05, 0.1) is 12.7 Å². The lowest BCUT2D eigenvalue weighted by Crippen LogP contribution is -2.16. The number of hydrogen-bond donors (Lipinski definition) is 1. The molecular weight excluding hydrogens is 442 g/mol. The van der Waals surface area contributed by atoms with E-state index in [-0.39, 0.29) is 11.5 Å². The molecule has 176 valence electrons. The lowest BCUT2D eigenvalue weighted by Gasteiger charge is -2.16. The van der Waals surface area contributed by atoms with E-state index in [9.17, 15) is 9.59 Å². The Balaban J connectivity index is 1.58. The number of carbonyl (C=O) groups is 2. The molecule has 4 aromatic rings. The molecule has 0 unspecified atom stereocenters. The van der Waals surface area contributed by atoms with Gasteiger partial charge in [0.1, 0.15) is 30.3 Å². The Labute approximate surface area is 204 Å². The van der Waals surface area contributed by atoms with Crippen molar-refractivity contribution in [2.75, 3.05) is 12.4 Å². The fourth-order valence-corrected chi connectivity index (χ4v) is 3.45. The third-order valence-electron chi connectivity index (χ3n) is 5.25. The maximum Gasteiger partial charge on any atom is 0.337 e. The van der Waals surface area contributed by atoms with Crippen LogP contribution in [0.25, 0.3) is 0 Å². The predicted octanol–water partition coefficient (Wildman–Crippen LogP) is 5.88. The van der Waals surface area contributed by atoms with Crippen molar-refractivity contribution in [3.63, 3.8) is 0 Å². The highest BCUT2D eigenvalue weighted by molar-refractivity contribution is 6.08. The second-order valence-electron chi connectivity index (χ2n) is 7.70. The molecule has 1 N–H and O–H groups in total. The molecule has 0 aliphatic carbocycles. The summed E-state index contributed by atoms with van der Waals surface area (Å²) in [4.78, 5) is 25.1. The summed E-state index contributed by atoms with van der Waals surface area (Å²) in [6.07, 6.45) is 0. The van der Waals surface area contributed by atoms with Gasteiger partial charge in [-0.05, 0) is 47.5 Å². The number of hydrogen-bond acceptors (Lipinski definition) is 5. The molecule has 4 aromatic carbocycles. The SMILES string of the molecule is COC(=O)c1ccc(NC(=O)c2c(OCc3ccccc3)cccc2OCc2ccccc2)cc1. The number of rotatable bonds is 9. The van der Waals surface area contributed by atoms with Crippen LogP contribution in [0.2, 0.25) is 0 Å². The summed E-state index contributed by atoms with van der Waals surface area (Å²) >= 11 is 0. The van der Waals surface area contributed by atoms with Crippen LogP contribution in [-0.2, 0) is 18.0 Å². The van der Waals surface area contributed by atoms with E-state index in [1.807, 2.05) is 60.7 Å². The quantitative estimate of drug-likeness (QED) is 0.311. The van der Waals surface area contributed by atoms with Crippen molar-refractivity contribution >= 4 is 17.6 Å². The second kappa shape index (κ2) is 11.5. The fourth-order valence-electron chi connectivity index (χ4n) is 3.45. The lowest BCUT2D eigenvalue weighted by atomic mass is 10.1. The van der Waals surface area contributed by atoms with Crippen LogP contribution in [0.1, 0.15) is 31.8 Å². The van der Waals surface area contributed by atoms with Gasteiger partial charge < -0.3 is 19.5 Å². The van der Waals surface area contributed by atoms with Crippen LogP contribution in [-0.4, -0.2) is 19.0 Å². The van der Waals surface area contributed by atoms with E-state index in [1.165, 1.54) is 7.11 Å². The van der Waals surface area contributed by atoms with Crippen molar-refractivity contribution in [2.24, 2.45) is 0 Å². The normalized spacial score (nSPS) is 10.3. The van der Waals surface area contributed by atoms with Crippen molar-refractivity contribution in [3.8, 4) is 11.5 Å². The lowest BCUT2D eigenvalue weighted by molar-refractivity contribution is 0.0600. The maximum atomic E-state index is 13.4. The number of methoxy groups -OCH3 is 1. The highest BCUT2D eigenvalue weighted by Gasteiger charge is 2.20. The Bertz CT molecular complexity index is 1210. The fraction of sp³-hybridized carbons (Fsp3) is 0.103. The molecule has 0 heterocycles. The van der Waals surface area contributed by atoms with Gasteiger partial charge in [-0.25, -0.2) is 4.79 Å². The van der Waals surface area contributed by atoms with Gasteiger partial charge in [-0.3, -0.25) is 4.79 Å². The number of carbonyl (C=O) groups excluding carboxylic acids is 2. The first-order valence-electron chi connectivity index (χ1n) is 11.1. The average molecular weight is 468 g/mol. The van der Waals surface area contributed by atoms with Crippen LogP contribution < -0.4 is 14.8 Å². The van der Waals surface area contributed by atoms with Crippen molar-refractivity contribution in [2.45, 2.75) is 13.2 Å². The number of amides is 1. The average Bonchev–Trinajstić information content (AvgIpc) is 2.91. The number of nitrogens with one attached hydrogen (secondary N) is 1. The molecular formula is C29H25NO5. The van der Waals surface area contributed by atoms with Crippen LogP contribution in [0.5, 0.6) is 11.5 Å². The topological polar surface area (TPSA) is 73.9 Å². The molecule has 0 saturated heterocycles. The second-order valence-corrected chi connectivity index (χ2v) is 7.70. The van der Waals surface area contributed by atoms with E-state index in [1.54, 1.807) is 42.5 Å². The van der Waals surface area contributed by atoms with Crippen molar-refractivity contribution < 1.29 is 23.8 Å². The van der Waals surface area contributed by atoms with Gasteiger partial charge in [-0.2, -0.15) is 0 Å². The van der Waals surface area contributed by atoms with E-state index in [4.69, 9.17) is 14.2 Å². The third kappa shape index (κ3) is 6.26. The minimum Gasteiger partial charge on any atom is -0.488 e. The van der Waals surface area contributed by atoms with Gasteiger partial charge in [0.15, 0.2) is 0 Å². The smallest absolute Gasteiger partial charge is 0.337 e. The van der Waals surface area contributed by atoms with Crippen LogP contribution in [0, 0.1) is 0 Å². The maximum absolute atomic E-state index is 13.4. The van der Waals surface area contributed by atoms with E-state index >= 15 is 0 Å². The summed E-state index contributed by atoms with van der Waals surface area (Å²) < 4.78 is 16.8. The van der Waals surface area contributed by atoms with Crippen LogP contribution in [0.3, 0.4) is 0 Å². The summed E-state index contributed by atoms with van der Waals surface area (Å²) in [7, 11) is 1.32. The van der Waals surface area contributed by atoms with Gasteiger partial charge in [0.2, 0.25) is 0 Å². The van der Waals surface area contributed by atoms with Gasteiger partial charge in [-0.1, -0.05) is 66.7 Å². The Morgan fingerprint density at radius 3 is 1.66 bits per heavy atom. The zero-order chi connectivity index (χ0) is 24.5. The first-order chi connectivity index (χ1) is 17.1. The third-order valence-corrected chi connectivity index (χ3v) is 5.25. The van der Waals surface area contributed by atoms with Gasteiger partial charge in [-0.15, -0.1) is 0 Å². The molecule has 0 saturated carbocycles. The minimum absolute atomic E-state index is 0.288. The first-order valence-corrected chi connectivity index (χ1v) is 11.1. The number of benzene rings is 4. The van der Waals surface area contributed by atoms with Crippen molar-refractivity contribution in [1.82, 2.24) is 0 Å². The number of esters is 1. The molecule has 1 amide bonds. The number of anilines is 1. The van der Waals surface area contributed by atoms with Crippen molar-refractivity contribution in [1.29, 1.82) is 0 Å². The Morgan fingerprint density at radius 2 is 1.17 bits per heavy atom. The first kappa shape index (κ1) is 23.6.